The van der Waals surface area contributed by atoms with E-state index in [0.29, 0.717) is 18.1 Å². The first-order chi connectivity index (χ1) is 9.56. The standard InChI is InChI=1S/C15H17BrClNO2/c1-10-6-12(16)7-14(17)15(10)20-11(2)8-18-9-13-4-3-5-19-13/h3-7,11,18H,8-9H2,1-2H3. The molecule has 5 heteroatoms. The molecule has 0 radical (unpaired) electrons. The number of ether oxygens (including phenoxy) is 1. The van der Waals surface area contributed by atoms with E-state index in [9.17, 15) is 0 Å². The molecule has 2 rings (SSSR count). The molecule has 2 aromatic rings. The lowest BCUT2D eigenvalue weighted by Gasteiger charge is -2.18. The van der Waals surface area contributed by atoms with E-state index in [-0.39, 0.29) is 6.10 Å². The van der Waals surface area contributed by atoms with Crippen LogP contribution < -0.4 is 10.1 Å². The van der Waals surface area contributed by atoms with Gasteiger partial charge in [0.05, 0.1) is 17.8 Å². The van der Waals surface area contributed by atoms with Crippen LogP contribution in [0.1, 0.15) is 18.2 Å². The molecular weight excluding hydrogens is 342 g/mol. The molecule has 0 aliphatic heterocycles. The lowest BCUT2D eigenvalue weighted by atomic mass is 10.2. The smallest absolute Gasteiger partial charge is 0.141 e. The molecule has 0 saturated carbocycles. The molecule has 1 N–H and O–H groups in total. The summed E-state index contributed by atoms with van der Waals surface area (Å²) in [7, 11) is 0. The number of rotatable bonds is 6. The lowest BCUT2D eigenvalue weighted by Crippen LogP contribution is -2.28. The highest BCUT2D eigenvalue weighted by molar-refractivity contribution is 9.10. The van der Waals surface area contributed by atoms with Crippen molar-refractivity contribution >= 4 is 27.5 Å². The van der Waals surface area contributed by atoms with Gasteiger partial charge in [0, 0.05) is 11.0 Å². The predicted octanol–water partition coefficient (Wildman–Crippen LogP) is 4.56. The average molecular weight is 359 g/mol. The number of hydrogen-bond acceptors (Lipinski definition) is 3. The van der Waals surface area contributed by atoms with Gasteiger partial charge in [-0.05, 0) is 43.7 Å². The molecular formula is C15H17BrClNO2. The zero-order chi connectivity index (χ0) is 14.5. The highest BCUT2D eigenvalue weighted by Crippen LogP contribution is 2.32. The van der Waals surface area contributed by atoms with Crippen LogP contribution in [-0.4, -0.2) is 12.6 Å². The van der Waals surface area contributed by atoms with Gasteiger partial charge in [0.25, 0.3) is 0 Å². The van der Waals surface area contributed by atoms with Crippen molar-refractivity contribution in [2.45, 2.75) is 26.5 Å². The summed E-state index contributed by atoms with van der Waals surface area (Å²) >= 11 is 9.62. The van der Waals surface area contributed by atoms with E-state index in [1.54, 1.807) is 6.26 Å². The first-order valence-corrected chi connectivity index (χ1v) is 7.58. The van der Waals surface area contributed by atoms with Crippen molar-refractivity contribution in [1.29, 1.82) is 0 Å². The molecule has 0 amide bonds. The van der Waals surface area contributed by atoms with Crippen LogP contribution in [0.4, 0.5) is 0 Å². The number of halogens is 2. The molecule has 0 spiro atoms. The van der Waals surface area contributed by atoms with Crippen molar-refractivity contribution in [3.63, 3.8) is 0 Å². The second-order valence-corrected chi connectivity index (χ2v) is 6.00. The Morgan fingerprint density at radius 1 is 1.45 bits per heavy atom. The van der Waals surface area contributed by atoms with E-state index in [1.807, 2.05) is 38.1 Å². The van der Waals surface area contributed by atoms with Gasteiger partial charge in [0.1, 0.15) is 17.6 Å². The van der Waals surface area contributed by atoms with Crippen molar-refractivity contribution in [3.05, 3.63) is 51.3 Å². The van der Waals surface area contributed by atoms with E-state index in [0.717, 1.165) is 21.5 Å². The molecule has 0 fully saturated rings. The minimum atomic E-state index is 0.0161. The van der Waals surface area contributed by atoms with Gasteiger partial charge in [-0.2, -0.15) is 0 Å². The molecule has 20 heavy (non-hydrogen) atoms. The molecule has 108 valence electrons. The molecule has 0 saturated heterocycles. The lowest BCUT2D eigenvalue weighted by molar-refractivity contribution is 0.214. The Morgan fingerprint density at radius 3 is 2.90 bits per heavy atom. The van der Waals surface area contributed by atoms with Crippen LogP contribution in [0.25, 0.3) is 0 Å². The van der Waals surface area contributed by atoms with Gasteiger partial charge < -0.3 is 14.5 Å². The Hall–Kier alpha value is -0.970. The van der Waals surface area contributed by atoms with Gasteiger partial charge in [0.15, 0.2) is 0 Å². The van der Waals surface area contributed by atoms with Crippen LogP contribution in [0.3, 0.4) is 0 Å². The van der Waals surface area contributed by atoms with E-state index in [2.05, 4.69) is 21.2 Å². The molecule has 0 aliphatic rings. The number of hydrogen-bond donors (Lipinski definition) is 1. The van der Waals surface area contributed by atoms with Crippen LogP contribution >= 0.6 is 27.5 Å². The zero-order valence-corrected chi connectivity index (χ0v) is 13.8. The third kappa shape index (κ3) is 4.27. The third-order valence-electron chi connectivity index (χ3n) is 2.82. The van der Waals surface area contributed by atoms with Gasteiger partial charge in [-0.1, -0.05) is 27.5 Å². The maximum Gasteiger partial charge on any atom is 0.141 e. The van der Waals surface area contributed by atoms with E-state index < -0.39 is 0 Å². The predicted molar refractivity (Wildman–Crippen MR) is 84.4 cm³/mol. The Labute approximate surface area is 132 Å². The maximum absolute atomic E-state index is 6.20. The first-order valence-electron chi connectivity index (χ1n) is 6.41. The van der Waals surface area contributed by atoms with Crippen molar-refractivity contribution in [3.8, 4) is 5.75 Å². The topological polar surface area (TPSA) is 34.4 Å². The minimum absolute atomic E-state index is 0.0161. The van der Waals surface area contributed by atoms with Gasteiger partial charge in [-0.3, -0.25) is 0 Å². The zero-order valence-electron chi connectivity index (χ0n) is 11.5. The van der Waals surface area contributed by atoms with Crippen molar-refractivity contribution < 1.29 is 9.15 Å². The largest absolute Gasteiger partial charge is 0.488 e. The van der Waals surface area contributed by atoms with Crippen LogP contribution in [0.15, 0.2) is 39.4 Å². The summed E-state index contributed by atoms with van der Waals surface area (Å²) in [6.07, 6.45) is 1.68. The van der Waals surface area contributed by atoms with Gasteiger partial charge in [-0.15, -0.1) is 0 Å². The van der Waals surface area contributed by atoms with E-state index in [4.69, 9.17) is 20.8 Å². The van der Waals surface area contributed by atoms with Crippen LogP contribution in [0.5, 0.6) is 5.75 Å². The van der Waals surface area contributed by atoms with Gasteiger partial charge >= 0.3 is 0 Å². The molecule has 0 bridgehead atoms. The highest BCUT2D eigenvalue weighted by Gasteiger charge is 2.11. The summed E-state index contributed by atoms with van der Waals surface area (Å²) in [6, 6.07) is 7.65. The number of furan rings is 1. The van der Waals surface area contributed by atoms with Crippen LogP contribution in [0.2, 0.25) is 5.02 Å². The number of benzene rings is 1. The summed E-state index contributed by atoms with van der Waals surface area (Å²) in [6.45, 7) is 5.39. The Morgan fingerprint density at radius 2 is 2.25 bits per heavy atom. The Bertz CT molecular complexity index is 534. The first kappa shape index (κ1) is 15.4. The van der Waals surface area contributed by atoms with E-state index in [1.165, 1.54) is 0 Å². The molecule has 1 aromatic heterocycles. The molecule has 3 nitrogen and oxygen atoms in total. The van der Waals surface area contributed by atoms with Gasteiger partial charge in [0.2, 0.25) is 0 Å². The molecule has 0 aliphatic carbocycles. The Kier molecular flexibility index (Phi) is 5.52. The normalized spacial score (nSPS) is 12.4. The molecule has 1 atom stereocenters. The number of nitrogens with one attached hydrogen (secondary N) is 1. The fraction of sp³-hybridized carbons (Fsp3) is 0.333. The third-order valence-corrected chi connectivity index (χ3v) is 3.56. The quantitative estimate of drug-likeness (QED) is 0.822. The minimum Gasteiger partial charge on any atom is -0.488 e. The fourth-order valence-corrected chi connectivity index (χ4v) is 2.91. The molecule has 1 aromatic carbocycles. The summed E-state index contributed by atoms with van der Waals surface area (Å²) in [5.74, 6) is 1.65. The highest BCUT2D eigenvalue weighted by atomic mass is 79.9. The summed E-state index contributed by atoms with van der Waals surface area (Å²) in [5.41, 5.74) is 1.02. The van der Waals surface area contributed by atoms with Crippen LogP contribution in [-0.2, 0) is 6.54 Å². The van der Waals surface area contributed by atoms with Crippen molar-refractivity contribution in [2.24, 2.45) is 0 Å². The summed E-state index contributed by atoms with van der Waals surface area (Å²) in [4.78, 5) is 0. The monoisotopic (exact) mass is 357 g/mol. The van der Waals surface area contributed by atoms with E-state index >= 15 is 0 Å². The summed E-state index contributed by atoms with van der Waals surface area (Å²) < 4.78 is 12.1. The Balaban J connectivity index is 1.86. The SMILES string of the molecule is Cc1cc(Br)cc(Cl)c1OC(C)CNCc1ccco1. The van der Waals surface area contributed by atoms with Crippen molar-refractivity contribution in [1.82, 2.24) is 5.32 Å². The molecule has 1 heterocycles. The van der Waals surface area contributed by atoms with Crippen molar-refractivity contribution in [2.75, 3.05) is 6.54 Å². The summed E-state index contributed by atoms with van der Waals surface area (Å²) in [5, 5.41) is 3.91. The molecule has 1 unspecified atom stereocenters. The second-order valence-electron chi connectivity index (χ2n) is 4.67. The average Bonchev–Trinajstić information content (AvgIpc) is 2.87. The van der Waals surface area contributed by atoms with Gasteiger partial charge in [-0.25, -0.2) is 0 Å². The van der Waals surface area contributed by atoms with Crippen LogP contribution in [0, 0.1) is 6.92 Å². The maximum atomic E-state index is 6.20. The number of aryl methyl sites for hydroxylation is 1. The fourth-order valence-electron chi connectivity index (χ4n) is 1.89. The second kappa shape index (κ2) is 7.16.